The van der Waals surface area contributed by atoms with E-state index in [9.17, 15) is 9.59 Å². The Morgan fingerprint density at radius 1 is 0.583 bits per heavy atom. The maximum Gasteiger partial charge on any atom is 0.168 e. The molecular formula is C30H28N4O2. The van der Waals surface area contributed by atoms with Gasteiger partial charge in [-0.2, -0.15) is 20.4 Å². The van der Waals surface area contributed by atoms with Gasteiger partial charge in [-0.15, -0.1) is 0 Å². The van der Waals surface area contributed by atoms with Gasteiger partial charge in [-0.3, -0.25) is 9.59 Å². The molecule has 0 amide bonds. The van der Waals surface area contributed by atoms with E-state index in [-0.39, 0.29) is 24.4 Å². The molecule has 0 unspecified atom stereocenters. The van der Waals surface area contributed by atoms with Crippen LogP contribution in [0.1, 0.15) is 81.0 Å². The molecule has 1 aliphatic carbocycles. The molecule has 1 fully saturated rings. The van der Waals surface area contributed by atoms with E-state index < -0.39 is 0 Å². The maximum absolute atomic E-state index is 12.5. The average Bonchev–Trinajstić information content (AvgIpc) is 2.95. The molecular weight excluding hydrogens is 448 g/mol. The van der Waals surface area contributed by atoms with E-state index in [2.05, 4.69) is 20.4 Å². The normalized spacial score (nSPS) is 17.4. The van der Waals surface area contributed by atoms with Crippen molar-refractivity contribution in [2.45, 2.75) is 50.4 Å². The van der Waals surface area contributed by atoms with Crippen LogP contribution in [0.4, 0.5) is 0 Å². The molecule has 0 saturated heterocycles. The van der Waals surface area contributed by atoms with Crippen molar-refractivity contribution in [3.63, 3.8) is 0 Å². The SMILES string of the molecule is O=C(Cc1ccc([C@@H]2CCC[C@@H](c3ccc(CC(=O)c4ccccc4)nn3)C2)nn1)c1ccccc1. The molecule has 0 radical (unpaired) electrons. The van der Waals surface area contributed by atoms with Gasteiger partial charge in [0.1, 0.15) is 0 Å². The summed E-state index contributed by atoms with van der Waals surface area (Å²) in [4.78, 5) is 24.9. The number of rotatable bonds is 8. The molecule has 2 aromatic heterocycles. The fraction of sp³-hybridized carbons (Fsp3) is 0.267. The number of ketones is 2. The molecule has 36 heavy (non-hydrogen) atoms. The van der Waals surface area contributed by atoms with Crippen LogP contribution < -0.4 is 0 Å². The van der Waals surface area contributed by atoms with Gasteiger partial charge in [-0.1, -0.05) is 67.1 Å². The van der Waals surface area contributed by atoms with Crippen molar-refractivity contribution in [2.75, 3.05) is 0 Å². The van der Waals surface area contributed by atoms with Crippen LogP contribution in [0.15, 0.2) is 84.9 Å². The third kappa shape index (κ3) is 5.77. The Labute approximate surface area is 210 Å². The number of carbonyl (C=O) groups is 2. The molecule has 2 heterocycles. The molecule has 0 spiro atoms. The third-order valence-electron chi connectivity index (χ3n) is 6.87. The van der Waals surface area contributed by atoms with Crippen molar-refractivity contribution in [2.24, 2.45) is 0 Å². The summed E-state index contributed by atoms with van der Waals surface area (Å²) < 4.78 is 0. The lowest BCUT2D eigenvalue weighted by Gasteiger charge is -2.28. The van der Waals surface area contributed by atoms with E-state index >= 15 is 0 Å². The molecule has 2 aromatic carbocycles. The van der Waals surface area contributed by atoms with Gasteiger partial charge in [-0.05, 0) is 43.5 Å². The maximum atomic E-state index is 12.5. The minimum absolute atomic E-state index is 0.0443. The minimum atomic E-state index is 0.0443. The highest BCUT2D eigenvalue weighted by atomic mass is 16.1. The van der Waals surface area contributed by atoms with Gasteiger partial charge in [0.05, 0.1) is 35.6 Å². The van der Waals surface area contributed by atoms with E-state index in [0.717, 1.165) is 37.1 Å². The van der Waals surface area contributed by atoms with Crippen molar-refractivity contribution in [3.8, 4) is 0 Å². The smallest absolute Gasteiger partial charge is 0.168 e. The summed E-state index contributed by atoms with van der Waals surface area (Å²) in [6, 6.07) is 26.4. The first-order chi connectivity index (χ1) is 17.7. The number of hydrogen-bond donors (Lipinski definition) is 0. The van der Waals surface area contributed by atoms with Crippen molar-refractivity contribution in [3.05, 3.63) is 119 Å². The molecule has 180 valence electrons. The van der Waals surface area contributed by atoms with Crippen molar-refractivity contribution < 1.29 is 9.59 Å². The van der Waals surface area contributed by atoms with Crippen molar-refractivity contribution in [1.29, 1.82) is 0 Å². The predicted octanol–water partition coefficient (Wildman–Crippen LogP) is 5.56. The van der Waals surface area contributed by atoms with Gasteiger partial charge >= 0.3 is 0 Å². The van der Waals surface area contributed by atoms with Gasteiger partial charge in [0.25, 0.3) is 0 Å². The predicted molar refractivity (Wildman–Crippen MR) is 137 cm³/mol. The topological polar surface area (TPSA) is 85.7 Å². The lowest BCUT2D eigenvalue weighted by molar-refractivity contribution is 0.0983. The van der Waals surface area contributed by atoms with Crippen LogP contribution in [0.2, 0.25) is 0 Å². The lowest BCUT2D eigenvalue weighted by Crippen LogP contribution is -2.16. The second-order valence-corrected chi connectivity index (χ2v) is 9.39. The number of carbonyl (C=O) groups excluding carboxylic acids is 2. The standard InChI is InChI=1S/C30H28N4O2/c35-29(21-8-3-1-4-9-21)19-25-14-16-27(33-31-25)23-12-7-13-24(18-23)28-17-15-26(32-34-28)20-30(36)22-10-5-2-6-11-22/h1-6,8-11,14-17,23-24H,7,12-13,18-20H2/t23-,24-/m1/s1. The highest BCUT2D eigenvalue weighted by molar-refractivity contribution is 5.97. The number of nitrogens with zero attached hydrogens (tertiary/aromatic N) is 4. The van der Waals surface area contributed by atoms with Crippen LogP contribution in [0.3, 0.4) is 0 Å². The number of aromatic nitrogens is 4. The third-order valence-corrected chi connectivity index (χ3v) is 6.87. The first-order valence-electron chi connectivity index (χ1n) is 12.5. The molecule has 6 heteroatoms. The van der Waals surface area contributed by atoms with Crippen LogP contribution in [-0.2, 0) is 12.8 Å². The summed E-state index contributed by atoms with van der Waals surface area (Å²) in [5.74, 6) is 0.693. The zero-order chi connectivity index (χ0) is 24.7. The van der Waals surface area contributed by atoms with E-state index in [0.29, 0.717) is 34.4 Å². The van der Waals surface area contributed by atoms with Crippen LogP contribution in [-0.4, -0.2) is 32.0 Å². The number of Topliss-reactive ketones (excluding diaryl/α,β-unsaturated/α-hetero) is 2. The fourth-order valence-corrected chi connectivity index (χ4v) is 4.87. The molecule has 2 atom stereocenters. The largest absolute Gasteiger partial charge is 0.294 e. The first-order valence-corrected chi connectivity index (χ1v) is 12.5. The number of benzene rings is 2. The summed E-state index contributed by atoms with van der Waals surface area (Å²) in [7, 11) is 0. The van der Waals surface area contributed by atoms with Gasteiger partial charge in [0, 0.05) is 23.0 Å². The van der Waals surface area contributed by atoms with E-state index in [1.165, 1.54) is 0 Å². The van der Waals surface area contributed by atoms with Gasteiger partial charge < -0.3 is 0 Å². The zero-order valence-corrected chi connectivity index (χ0v) is 20.1. The van der Waals surface area contributed by atoms with Crippen LogP contribution in [0.25, 0.3) is 0 Å². The highest BCUT2D eigenvalue weighted by Gasteiger charge is 2.27. The molecule has 1 saturated carbocycles. The molecule has 0 bridgehead atoms. The number of hydrogen-bond acceptors (Lipinski definition) is 6. The molecule has 6 nitrogen and oxygen atoms in total. The van der Waals surface area contributed by atoms with Crippen LogP contribution >= 0.6 is 0 Å². The molecule has 5 rings (SSSR count). The summed E-state index contributed by atoms with van der Waals surface area (Å²) in [5.41, 5.74) is 4.69. The quantitative estimate of drug-likeness (QED) is 0.310. The Morgan fingerprint density at radius 3 is 1.42 bits per heavy atom. The van der Waals surface area contributed by atoms with Crippen LogP contribution in [0.5, 0.6) is 0 Å². The Morgan fingerprint density at radius 2 is 1.03 bits per heavy atom. The zero-order valence-electron chi connectivity index (χ0n) is 20.1. The Kier molecular flexibility index (Phi) is 7.31. The fourth-order valence-electron chi connectivity index (χ4n) is 4.87. The second kappa shape index (κ2) is 11.1. The monoisotopic (exact) mass is 476 g/mol. The first kappa shape index (κ1) is 23.7. The summed E-state index contributed by atoms with van der Waals surface area (Å²) in [6.45, 7) is 0. The van der Waals surface area contributed by atoms with Gasteiger partial charge in [-0.25, -0.2) is 0 Å². The molecule has 0 aliphatic heterocycles. The van der Waals surface area contributed by atoms with Crippen molar-refractivity contribution >= 4 is 11.6 Å². The van der Waals surface area contributed by atoms with E-state index in [4.69, 9.17) is 0 Å². The van der Waals surface area contributed by atoms with E-state index in [1.54, 1.807) is 0 Å². The Bertz CT molecular complexity index is 1200. The Balaban J connectivity index is 1.19. The van der Waals surface area contributed by atoms with Crippen molar-refractivity contribution in [1.82, 2.24) is 20.4 Å². The second-order valence-electron chi connectivity index (χ2n) is 9.39. The van der Waals surface area contributed by atoms with Crippen LogP contribution in [0, 0.1) is 0 Å². The average molecular weight is 477 g/mol. The van der Waals surface area contributed by atoms with Gasteiger partial charge in [0.15, 0.2) is 11.6 Å². The summed E-state index contributed by atoms with van der Waals surface area (Å²) >= 11 is 0. The minimum Gasteiger partial charge on any atom is -0.294 e. The highest BCUT2D eigenvalue weighted by Crippen LogP contribution is 2.39. The summed E-state index contributed by atoms with van der Waals surface area (Å²) in [6.07, 6.45) is 4.64. The molecule has 4 aromatic rings. The molecule has 1 aliphatic rings. The van der Waals surface area contributed by atoms with Gasteiger partial charge in [0.2, 0.25) is 0 Å². The lowest BCUT2D eigenvalue weighted by atomic mass is 9.78. The summed E-state index contributed by atoms with van der Waals surface area (Å²) in [5, 5.41) is 17.7. The molecule has 0 N–H and O–H groups in total. The van der Waals surface area contributed by atoms with E-state index in [1.807, 2.05) is 84.9 Å². The Hall–Kier alpha value is -4.06.